The van der Waals surface area contributed by atoms with E-state index in [-0.39, 0.29) is 17.2 Å². The number of hydrogen-bond acceptors (Lipinski definition) is 9. The van der Waals surface area contributed by atoms with E-state index in [0.717, 1.165) is 49.2 Å². The van der Waals surface area contributed by atoms with Crippen LogP contribution in [0.4, 0.5) is 20.5 Å². The number of nitrogens with one attached hydrogen (secondary N) is 1. The lowest BCUT2D eigenvalue weighted by Crippen LogP contribution is -2.48. The van der Waals surface area contributed by atoms with Crippen LogP contribution in [-0.4, -0.2) is 85.0 Å². The second kappa shape index (κ2) is 10.7. The number of aryl methyl sites for hydroxylation is 1. The molecule has 1 atom stereocenters. The fourth-order valence-electron chi connectivity index (χ4n) is 5.84. The second-order valence-corrected chi connectivity index (χ2v) is 11.0. The molecule has 2 N–H and O–H groups in total. The van der Waals surface area contributed by atoms with Gasteiger partial charge in [-0.25, -0.2) is 28.7 Å². The van der Waals surface area contributed by atoms with Gasteiger partial charge in [0.05, 0.1) is 24.9 Å². The number of benzene rings is 1. The lowest BCUT2D eigenvalue weighted by molar-refractivity contribution is -0.0500. The van der Waals surface area contributed by atoms with E-state index in [2.05, 4.69) is 30.1 Å². The minimum Gasteiger partial charge on any atom is -0.379 e. The summed E-state index contributed by atoms with van der Waals surface area (Å²) in [7, 11) is 0. The number of aliphatic hydroxyl groups excluding tert-OH is 1. The SMILES string of the molecule is Cc1nc2c(F)cc(-c3nc(Nc4ccc5c(n4)CCN(C(O)CN4CCOCC4)C5)ncc3F)cc2n1C1CC1. The van der Waals surface area contributed by atoms with E-state index in [1.54, 1.807) is 6.07 Å². The molecule has 0 radical (unpaired) electrons. The van der Waals surface area contributed by atoms with Gasteiger partial charge in [-0.3, -0.25) is 9.80 Å². The molecule has 7 rings (SSSR count). The molecule has 1 unspecified atom stereocenters. The Morgan fingerprint density at radius 3 is 2.71 bits per heavy atom. The fraction of sp³-hybridized carbons (Fsp3) is 0.448. The minimum atomic E-state index is -0.641. The highest BCUT2D eigenvalue weighted by molar-refractivity contribution is 5.83. The standard InChI is InChI=1S/C29H32F2N8O2/c1-17-33-28-21(30)12-19(13-24(28)39(17)20-3-4-20)27-22(31)14-32-29(36-27)35-25-5-2-18-15-38(7-6-23(18)34-25)26(40)16-37-8-10-41-11-9-37/h2,5,12-14,20,26,40H,3-4,6-11,15-16H2,1H3,(H,32,34,35,36). The molecule has 1 saturated heterocycles. The van der Waals surface area contributed by atoms with Crippen molar-refractivity contribution in [3.8, 4) is 11.3 Å². The van der Waals surface area contributed by atoms with Gasteiger partial charge in [0.1, 0.15) is 29.1 Å². The summed E-state index contributed by atoms with van der Waals surface area (Å²) >= 11 is 0. The molecule has 41 heavy (non-hydrogen) atoms. The Labute approximate surface area is 236 Å². The number of pyridine rings is 1. The van der Waals surface area contributed by atoms with E-state index in [1.165, 1.54) is 6.07 Å². The summed E-state index contributed by atoms with van der Waals surface area (Å²) in [5.41, 5.74) is 3.25. The zero-order valence-electron chi connectivity index (χ0n) is 22.9. The van der Waals surface area contributed by atoms with E-state index in [1.807, 2.05) is 23.6 Å². The Hall–Kier alpha value is -3.58. The average Bonchev–Trinajstić information content (AvgIpc) is 3.75. The van der Waals surface area contributed by atoms with Gasteiger partial charge in [0.15, 0.2) is 11.6 Å². The van der Waals surface area contributed by atoms with Crippen LogP contribution in [0.2, 0.25) is 0 Å². The van der Waals surface area contributed by atoms with Crippen LogP contribution in [0.5, 0.6) is 0 Å². The molecule has 3 aromatic heterocycles. The summed E-state index contributed by atoms with van der Waals surface area (Å²) in [6.45, 7) is 6.82. The molecular formula is C29H32F2N8O2. The largest absolute Gasteiger partial charge is 0.379 e. The number of hydrogen-bond donors (Lipinski definition) is 2. The maximum atomic E-state index is 15.1. The van der Waals surface area contributed by atoms with Crippen LogP contribution in [0.1, 0.15) is 36.0 Å². The lowest BCUT2D eigenvalue weighted by Gasteiger charge is -2.36. The molecule has 5 heterocycles. The molecule has 1 saturated carbocycles. The van der Waals surface area contributed by atoms with Crippen molar-refractivity contribution in [2.75, 3.05) is 44.7 Å². The molecule has 10 nitrogen and oxygen atoms in total. The van der Waals surface area contributed by atoms with Crippen LogP contribution in [0.15, 0.2) is 30.5 Å². The third kappa shape index (κ3) is 5.28. The van der Waals surface area contributed by atoms with E-state index < -0.39 is 17.9 Å². The summed E-state index contributed by atoms with van der Waals surface area (Å²) in [6.07, 6.45) is 3.26. The molecule has 214 valence electrons. The summed E-state index contributed by atoms with van der Waals surface area (Å²) in [5, 5.41) is 13.9. The van der Waals surface area contributed by atoms with Gasteiger partial charge in [0, 0.05) is 56.4 Å². The number of aliphatic hydroxyl groups is 1. The van der Waals surface area contributed by atoms with Crippen molar-refractivity contribution >= 4 is 22.8 Å². The monoisotopic (exact) mass is 562 g/mol. The number of halogens is 2. The van der Waals surface area contributed by atoms with Crippen molar-refractivity contribution in [3.05, 3.63) is 59.2 Å². The summed E-state index contributed by atoms with van der Waals surface area (Å²) in [5.74, 6) is 0.301. The highest BCUT2D eigenvalue weighted by Gasteiger charge is 2.29. The predicted octanol–water partition coefficient (Wildman–Crippen LogP) is 3.56. The number of morpholine rings is 1. The molecular weight excluding hydrogens is 530 g/mol. The minimum absolute atomic E-state index is 0.00681. The molecule has 2 aliphatic heterocycles. The van der Waals surface area contributed by atoms with Gasteiger partial charge in [-0.15, -0.1) is 0 Å². The highest BCUT2D eigenvalue weighted by Crippen LogP contribution is 2.40. The third-order valence-electron chi connectivity index (χ3n) is 8.12. The number of rotatable bonds is 7. The molecule has 0 bridgehead atoms. The Morgan fingerprint density at radius 1 is 1.07 bits per heavy atom. The molecule has 3 aliphatic rings. The summed E-state index contributed by atoms with van der Waals surface area (Å²) in [6, 6.07) is 7.14. The lowest BCUT2D eigenvalue weighted by atomic mass is 10.1. The maximum absolute atomic E-state index is 15.1. The Bertz CT molecular complexity index is 1600. The smallest absolute Gasteiger partial charge is 0.229 e. The number of aromatic nitrogens is 5. The van der Waals surface area contributed by atoms with Gasteiger partial charge in [-0.05, 0) is 43.5 Å². The number of anilines is 2. The average molecular weight is 563 g/mol. The third-order valence-corrected chi connectivity index (χ3v) is 8.12. The zero-order valence-corrected chi connectivity index (χ0v) is 22.9. The van der Waals surface area contributed by atoms with Crippen molar-refractivity contribution in [2.24, 2.45) is 0 Å². The van der Waals surface area contributed by atoms with Gasteiger partial charge in [-0.1, -0.05) is 6.07 Å². The van der Waals surface area contributed by atoms with Crippen molar-refractivity contribution in [2.45, 2.75) is 45.0 Å². The van der Waals surface area contributed by atoms with E-state index in [0.29, 0.717) is 62.2 Å². The van der Waals surface area contributed by atoms with Gasteiger partial charge in [0.2, 0.25) is 5.95 Å². The molecule has 4 aromatic rings. The van der Waals surface area contributed by atoms with Gasteiger partial charge in [0.25, 0.3) is 0 Å². The quantitative estimate of drug-likeness (QED) is 0.350. The number of ether oxygens (including phenoxy) is 1. The first kappa shape index (κ1) is 26.3. The van der Waals surface area contributed by atoms with E-state index in [4.69, 9.17) is 9.72 Å². The molecule has 2 fully saturated rings. The number of nitrogens with zero attached hydrogens (tertiary/aromatic N) is 7. The second-order valence-electron chi connectivity index (χ2n) is 11.0. The maximum Gasteiger partial charge on any atom is 0.229 e. The van der Waals surface area contributed by atoms with Crippen molar-refractivity contribution in [1.82, 2.24) is 34.3 Å². The van der Waals surface area contributed by atoms with E-state index in [9.17, 15) is 9.50 Å². The van der Waals surface area contributed by atoms with Crippen molar-refractivity contribution < 1.29 is 18.6 Å². The molecule has 0 amide bonds. The zero-order chi connectivity index (χ0) is 28.1. The first-order valence-corrected chi connectivity index (χ1v) is 14.1. The Kier molecular flexibility index (Phi) is 6.86. The van der Waals surface area contributed by atoms with Crippen LogP contribution in [-0.2, 0) is 17.7 Å². The predicted molar refractivity (Wildman–Crippen MR) is 149 cm³/mol. The first-order valence-electron chi connectivity index (χ1n) is 14.1. The van der Waals surface area contributed by atoms with Crippen molar-refractivity contribution in [3.63, 3.8) is 0 Å². The Balaban J connectivity index is 1.09. The fourth-order valence-corrected chi connectivity index (χ4v) is 5.84. The van der Waals surface area contributed by atoms with Crippen LogP contribution in [0.25, 0.3) is 22.3 Å². The number of fused-ring (bicyclic) bond motifs is 2. The van der Waals surface area contributed by atoms with Crippen LogP contribution in [0.3, 0.4) is 0 Å². The van der Waals surface area contributed by atoms with Crippen LogP contribution < -0.4 is 5.32 Å². The molecule has 1 aliphatic carbocycles. The summed E-state index contributed by atoms with van der Waals surface area (Å²) < 4.78 is 37.4. The van der Waals surface area contributed by atoms with Gasteiger partial charge in [-0.2, -0.15) is 0 Å². The number of β-amino-alcohol motifs (C(OH)–C–C–N with tert-alkyl or cyclic N) is 1. The summed E-state index contributed by atoms with van der Waals surface area (Å²) in [4.78, 5) is 21.9. The van der Waals surface area contributed by atoms with Crippen molar-refractivity contribution in [1.29, 1.82) is 0 Å². The Morgan fingerprint density at radius 2 is 1.90 bits per heavy atom. The number of imidazole rings is 1. The van der Waals surface area contributed by atoms with E-state index >= 15 is 4.39 Å². The van der Waals surface area contributed by atoms with Gasteiger partial charge < -0.3 is 19.7 Å². The normalized spacial score (nSPS) is 18.9. The van der Waals surface area contributed by atoms with Crippen LogP contribution in [0, 0.1) is 18.6 Å². The first-order chi connectivity index (χ1) is 19.9. The molecule has 12 heteroatoms. The van der Waals surface area contributed by atoms with Crippen LogP contribution >= 0.6 is 0 Å². The topological polar surface area (TPSA) is 104 Å². The molecule has 1 aromatic carbocycles. The highest BCUT2D eigenvalue weighted by atomic mass is 19.1. The van der Waals surface area contributed by atoms with Gasteiger partial charge >= 0.3 is 0 Å². The molecule has 0 spiro atoms.